The van der Waals surface area contributed by atoms with Crippen molar-refractivity contribution in [2.24, 2.45) is 0 Å². The molecule has 136 valence electrons. The highest BCUT2D eigenvalue weighted by Crippen LogP contribution is 2.40. The summed E-state index contributed by atoms with van der Waals surface area (Å²) in [6, 6.07) is 4.71. The predicted molar refractivity (Wildman–Crippen MR) is 97.0 cm³/mol. The zero-order valence-corrected chi connectivity index (χ0v) is 15.2. The molecule has 1 unspecified atom stereocenters. The lowest BCUT2D eigenvalue weighted by Crippen LogP contribution is -3.08. The fraction of sp³-hybridized carbons (Fsp3) is 0.353. The molecule has 9 heteroatoms. The zero-order chi connectivity index (χ0) is 18.4. The number of fused-ring (bicyclic) bond motifs is 3. The van der Waals surface area contributed by atoms with Crippen LogP contribution in [0.5, 0.6) is 5.75 Å². The van der Waals surface area contributed by atoms with E-state index in [4.69, 9.17) is 4.74 Å². The maximum atomic E-state index is 12.7. The van der Waals surface area contributed by atoms with E-state index >= 15 is 0 Å². The van der Waals surface area contributed by atoms with Crippen molar-refractivity contribution in [1.82, 2.24) is 5.32 Å². The van der Waals surface area contributed by atoms with Gasteiger partial charge in [-0.1, -0.05) is 6.07 Å². The Kier molecular flexibility index (Phi) is 4.04. The lowest BCUT2D eigenvalue weighted by molar-refractivity contribution is -0.895. The monoisotopic (exact) mass is 375 g/mol. The molecule has 1 amide bonds. The first-order chi connectivity index (χ1) is 12.5. The van der Waals surface area contributed by atoms with Gasteiger partial charge in [0.25, 0.3) is 5.91 Å². The van der Waals surface area contributed by atoms with E-state index in [-0.39, 0.29) is 17.3 Å². The third-order valence-electron chi connectivity index (χ3n) is 4.87. The number of carbonyl (C=O) groups excluding carboxylic acids is 1. The van der Waals surface area contributed by atoms with Crippen molar-refractivity contribution < 1.29 is 19.4 Å². The molecule has 8 nitrogen and oxygen atoms in total. The number of nitro benzene ring substituents is 1. The van der Waals surface area contributed by atoms with Gasteiger partial charge in [0.1, 0.15) is 17.7 Å². The van der Waals surface area contributed by atoms with E-state index in [1.165, 1.54) is 23.0 Å². The van der Waals surface area contributed by atoms with Gasteiger partial charge in [0, 0.05) is 18.1 Å². The number of quaternary nitrogens is 1. The Bertz CT molecular complexity index is 910. The molecular weight excluding hydrogens is 356 g/mol. The topological polar surface area (TPSA) is 97.9 Å². The van der Waals surface area contributed by atoms with Crippen LogP contribution in [0.15, 0.2) is 18.2 Å². The number of nitrogens with one attached hydrogen (secondary N) is 3. The zero-order valence-electron chi connectivity index (χ0n) is 14.4. The summed E-state index contributed by atoms with van der Waals surface area (Å²) in [5.74, 6) is 0.0680. The fourth-order valence-electron chi connectivity index (χ4n) is 3.53. The molecule has 2 aliphatic heterocycles. The Morgan fingerprint density at radius 3 is 2.92 bits per heavy atom. The van der Waals surface area contributed by atoms with Gasteiger partial charge < -0.3 is 20.3 Å². The van der Waals surface area contributed by atoms with Gasteiger partial charge in [-0.05, 0) is 11.6 Å². The van der Waals surface area contributed by atoms with Crippen LogP contribution in [-0.4, -0.2) is 31.5 Å². The van der Waals surface area contributed by atoms with Crippen LogP contribution in [0, 0.1) is 10.1 Å². The molecule has 1 aromatic carbocycles. The molecule has 0 radical (unpaired) electrons. The molecule has 0 bridgehead atoms. The van der Waals surface area contributed by atoms with E-state index in [0.717, 1.165) is 35.6 Å². The summed E-state index contributed by atoms with van der Waals surface area (Å²) in [5, 5.41) is 18.4. The van der Waals surface area contributed by atoms with E-state index in [9.17, 15) is 14.9 Å². The van der Waals surface area contributed by atoms with Gasteiger partial charge in [-0.2, -0.15) is 0 Å². The average molecular weight is 375 g/mol. The van der Waals surface area contributed by atoms with Crippen molar-refractivity contribution in [1.29, 1.82) is 0 Å². The van der Waals surface area contributed by atoms with Crippen LogP contribution in [0.3, 0.4) is 0 Å². The Morgan fingerprint density at radius 2 is 2.19 bits per heavy atom. The minimum absolute atomic E-state index is 0.123. The van der Waals surface area contributed by atoms with Crippen molar-refractivity contribution in [3.63, 3.8) is 0 Å². The number of methoxy groups -OCH3 is 1. The molecule has 0 saturated carbocycles. The van der Waals surface area contributed by atoms with E-state index in [0.29, 0.717) is 5.56 Å². The van der Waals surface area contributed by atoms with Crippen molar-refractivity contribution in [2.45, 2.75) is 19.1 Å². The first-order valence-electron chi connectivity index (χ1n) is 8.33. The molecule has 0 fully saturated rings. The first-order valence-corrected chi connectivity index (χ1v) is 9.15. The normalized spacial score (nSPS) is 21.2. The van der Waals surface area contributed by atoms with Crippen molar-refractivity contribution in [2.75, 3.05) is 26.0 Å². The van der Waals surface area contributed by atoms with Gasteiger partial charge >= 0.3 is 5.69 Å². The highest BCUT2D eigenvalue weighted by atomic mass is 32.1. The number of benzene rings is 1. The lowest BCUT2D eigenvalue weighted by atomic mass is 10.0. The molecule has 2 aromatic rings. The molecule has 3 heterocycles. The summed E-state index contributed by atoms with van der Waals surface area (Å²) >= 11 is 1.61. The molecule has 2 atom stereocenters. The number of nitro groups is 1. The summed E-state index contributed by atoms with van der Waals surface area (Å²) in [7, 11) is 3.54. The molecule has 0 saturated heterocycles. The third kappa shape index (κ3) is 2.69. The number of anilines is 1. The number of hydrogen-bond acceptors (Lipinski definition) is 6. The summed E-state index contributed by atoms with van der Waals surface area (Å²) < 4.78 is 5.04. The standard InChI is InChI=1S/C17H18N4O4S/c1-20-6-5-10-13(8-20)26-17-14(10)16(22)18-15(19-17)9-3-4-12(25-2)11(7-9)21(23)24/h3-4,7,15,19H,5-6,8H2,1-2H3,(H,18,22)/p+1/t15-/m1/s1. The Morgan fingerprint density at radius 1 is 1.38 bits per heavy atom. The number of hydrogen-bond donors (Lipinski definition) is 3. The number of nitrogens with zero attached hydrogens (tertiary/aromatic N) is 1. The molecule has 3 N–H and O–H groups in total. The van der Waals surface area contributed by atoms with Gasteiger partial charge in [-0.15, -0.1) is 11.3 Å². The highest BCUT2D eigenvalue weighted by molar-refractivity contribution is 7.16. The van der Waals surface area contributed by atoms with E-state index < -0.39 is 11.1 Å². The Balaban J connectivity index is 1.69. The molecule has 0 spiro atoms. The van der Waals surface area contributed by atoms with Crippen LogP contribution < -0.4 is 20.3 Å². The Labute approximate surface area is 153 Å². The Hall–Kier alpha value is -2.65. The predicted octanol–water partition coefficient (Wildman–Crippen LogP) is 1.09. The van der Waals surface area contributed by atoms with Crippen molar-refractivity contribution >= 4 is 27.9 Å². The van der Waals surface area contributed by atoms with Gasteiger partial charge in [0.15, 0.2) is 5.75 Å². The van der Waals surface area contributed by atoms with Gasteiger partial charge in [-0.3, -0.25) is 14.9 Å². The van der Waals surface area contributed by atoms with E-state index in [1.807, 2.05) is 0 Å². The van der Waals surface area contributed by atoms with Crippen LogP contribution in [0.2, 0.25) is 0 Å². The first kappa shape index (κ1) is 16.8. The number of likely N-dealkylation sites (N-methyl/N-ethyl adjacent to an activating group) is 1. The second-order valence-corrected chi connectivity index (χ2v) is 7.69. The second kappa shape index (κ2) is 6.26. The number of amides is 1. The van der Waals surface area contributed by atoms with Crippen molar-refractivity contribution in [3.8, 4) is 5.75 Å². The lowest BCUT2D eigenvalue weighted by Gasteiger charge is -2.27. The summed E-state index contributed by atoms with van der Waals surface area (Å²) in [5.41, 5.74) is 2.37. The van der Waals surface area contributed by atoms with E-state index in [1.54, 1.807) is 23.5 Å². The van der Waals surface area contributed by atoms with Crippen molar-refractivity contribution in [3.05, 3.63) is 49.9 Å². The number of thiophene rings is 1. The number of carbonyl (C=O) groups is 1. The van der Waals surface area contributed by atoms with E-state index in [2.05, 4.69) is 17.7 Å². The molecule has 2 aliphatic rings. The second-order valence-electron chi connectivity index (χ2n) is 6.58. The summed E-state index contributed by atoms with van der Waals surface area (Å²) in [6.45, 7) is 1.93. The summed E-state index contributed by atoms with van der Waals surface area (Å²) in [4.78, 5) is 26.2. The van der Waals surface area contributed by atoms with Gasteiger partial charge in [0.05, 0.1) is 36.1 Å². The molecule has 0 aliphatic carbocycles. The number of ether oxygens (including phenoxy) is 1. The highest BCUT2D eigenvalue weighted by Gasteiger charge is 2.34. The maximum absolute atomic E-state index is 12.7. The minimum Gasteiger partial charge on any atom is -0.490 e. The molecular formula is C17H19N4O4S+. The minimum atomic E-state index is -0.509. The number of rotatable bonds is 3. The molecule has 4 rings (SSSR count). The SMILES string of the molecule is COc1ccc([C@@H]2NC(=O)c3c(sc4c3CC[NH+](C)C4)N2)cc1[N+](=O)[O-]. The van der Waals surface area contributed by atoms with Crippen LogP contribution in [-0.2, 0) is 13.0 Å². The van der Waals surface area contributed by atoms with Gasteiger partial charge in [-0.25, -0.2) is 0 Å². The molecule has 26 heavy (non-hydrogen) atoms. The van der Waals surface area contributed by atoms with Crippen LogP contribution >= 0.6 is 11.3 Å². The van der Waals surface area contributed by atoms with Crippen LogP contribution in [0.4, 0.5) is 10.7 Å². The smallest absolute Gasteiger partial charge is 0.311 e. The third-order valence-corrected chi connectivity index (χ3v) is 6.03. The van der Waals surface area contributed by atoms with Crippen LogP contribution in [0.1, 0.15) is 32.5 Å². The maximum Gasteiger partial charge on any atom is 0.311 e. The quantitative estimate of drug-likeness (QED) is 0.551. The molecule has 1 aromatic heterocycles. The van der Waals surface area contributed by atoms with Gasteiger partial charge in [0.2, 0.25) is 0 Å². The van der Waals surface area contributed by atoms with Crippen LogP contribution in [0.25, 0.3) is 0 Å². The largest absolute Gasteiger partial charge is 0.490 e. The fourth-order valence-corrected chi connectivity index (χ4v) is 4.92. The summed E-state index contributed by atoms with van der Waals surface area (Å²) in [6.07, 6.45) is 0.380. The average Bonchev–Trinajstić information content (AvgIpc) is 2.98.